The van der Waals surface area contributed by atoms with Crippen LogP contribution in [0.1, 0.15) is 12.5 Å². The zero-order chi connectivity index (χ0) is 18.6. The fraction of sp³-hybridized carbons (Fsp3) is 0.235. The summed E-state index contributed by atoms with van der Waals surface area (Å²) in [5.41, 5.74) is 0.930. The fourth-order valence-corrected chi connectivity index (χ4v) is 3.23. The number of para-hydroxylation sites is 1. The molecule has 1 amide bonds. The average Bonchev–Trinajstić information content (AvgIpc) is 2.54. The molecule has 0 unspecified atom stereocenters. The predicted octanol–water partition coefficient (Wildman–Crippen LogP) is 2.93. The normalized spacial score (nSPS) is 11.2. The Morgan fingerprint density at radius 2 is 1.84 bits per heavy atom. The molecule has 0 aromatic heterocycles. The van der Waals surface area contributed by atoms with Crippen molar-refractivity contribution >= 4 is 27.3 Å². The van der Waals surface area contributed by atoms with Gasteiger partial charge < -0.3 is 5.32 Å². The van der Waals surface area contributed by atoms with Crippen LogP contribution < -0.4 is 9.62 Å². The Hall–Kier alpha value is -2.48. The van der Waals surface area contributed by atoms with Crippen LogP contribution in [0.25, 0.3) is 0 Å². The molecule has 0 aliphatic carbocycles. The standard InChI is InChI=1S/C17H18F2N2O3S/c1-3-12-6-4-5-7-16(12)21(25(2,23)24)11-17(22)20-15-9-8-13(18)10-14(15)19/h4-10H,3,11H2,1-2H3,(H,20,22). The predicted molar refractivity (Wildman–Crippen MR) is 93.0 cm³/mol. The smallest absolute Gasteiger partial charge is 0.245 e. The number of rotatable bonds is 6. The van der Waals surface area contributed by atoms with E-state index in [2.05, 4.69) is 5.32 Å². The Morgan fingerprint density at radius 1 is 1.16 bits per heavy atom. The number of aryl methyl sites for hydroxylation is 1. The number of hydrogen-bond acceptors (Lipinski definition) is 3. The van der Waals surface area contributed by atoms with Crippen molar-refractivity contribution in [2.75, 3.05) is 22.4 Å². The number of amides is 1. The maximum Gasteiger partial charge on any atom is 0.245 e. The molecule has 2 aromatic rings. The highest BCUT2D eigenvalue weighted by atomic mass is 32.2. The number of benzene rings is 2. The minimum atomic E-state index is -3.74. The molecule has 1 N–H and O–H groups in total. The third-order valence-electron chi connectivity index (χ3n) is 3.53. The molecule has 0 aliphatic heterocycles. The molecule has 0 atom stereocenters. The summed E-state index contributed by atoms with van der Waals surface area (Å²) in [5.74, 6) is -2.44. The zero-order valence-electron chi connectivity index (χ0n) is 13.8. The first-order valence-corrected chi connectivity index (χ1v) is 9.37. The van der Waals surface area contributed by atoms with Gasteiger partial charge in [-0.05, 0) is 30.2 Å². The van der Waals surface area contributed by atoms with E-state index in [9.17, 15) is 22.0 Å². The largest absolute Gasteiger partial charge is 0.322 e. The Labute approximate surface area is 145 Å². The molecule has 8 heteroatoms. The molecule has 0 heterocycles. The van der Waals surface area contributed by atoms with Gasteiger partial charge in [-0.3, -0.25) is 9.10 Å². The number of sulfonamides is 1. The lowest BCUT2D eigenvalue weighted by Crippen LogP contribution is -2.38. The SMILES string of the molecule is CCc1ccccc1N(CC(=O)Nc1ccc(F)cc1F)S(C)(=O)=O. The highest BCUT2D eigenvalue weighted by molar-refractivity contribution is 7.92. The molecule has 2 rings (SSSR count). The maximum atomic E-state index is 13.6. The first kappa shape index (κ1) is 18.9. The molecule has 0 radical (unpaired) electrons. The van der Waals surface area contributed by atoms with Crippen LogP contribution >= 0.6 is 0 Å². The Balaban J connectivity index is 2.27. The minimum Gasteiger partial charge on any atom is -0.322 e. The van der Waals surface area contributed by atoms with E-state index in [0.29, 0.717) is 18.2 Å². The van der Waals surface area contributed by atoms with Gasteiger partial charge in [0, 0.05) is 6.07 Å². The van der Waals surface area contributed by atoms with Crippen molar-refractivity contribution in [1.29, 1.82) is 0 Å². The van der Waals surface area contributed by atoms with E-state index in [4.69, 9.17) is 0 Å². The average molecular weight is 368 g/mol. The van der Waals surface area contributed by atoms with Gasteiger partial charge in [-0.2, -0.15) is 0 Å². The maximum absolute atomic E-state index is 13.6. The van der Waals surface area contributed by atoms with Crippen molar-refractivity contribution in [3.63, 3.8) is 0 Å². The van der Waals surface area contributed by atoms with Crippen LogP contribution in [0.3, 0.4) is 0 Å². The van der Waals surface area contributed by atoms with Gasteiger partial charge in [0.05, 0.1) is 17.6 Å². The van der Waals surface area contributed by atoms with Gasteiger partial charge in [0.2, 0.25) is 15.9 Å². The molecule has 134 valence electrons. The number of nitrogens with zero attached hydrogens (tertiary/aromatic N) is 1. The second kappa shape index (κ2) is 7.60. The third kappa shape index (κ3) is 4.76. The van der Waals surface area contributed by atoms with Gasteiger partial charge in [-0.25, -0.2) is 17.2 Å². The molecule has 25 heavy (non-hydrogen) atoms. The zero-order valence-corrected chi connectivity index (χ0v) is 14.6. The van der Waals surface area contributed by atoms with Crippen LogP contribution in [0.15, 0.2) is 42.5 Å². The van der Waals surface area contributed by atoms with Gasteiger partial charge >= 0.3 is 0 Å². The van der Waals surface area contributed by atoms with Crippen LogP contribution in [-0.4, -0.2) is 27.1 Å². The summed E-state index contributed by atoms with van der Waals surface area (Å²) < 4.78 is 51.8. The molecule has 0 spiro atoms. The molecule has 0 fully saturated rings. The van der Waals surface area contributed by atoms with Crippen LogP contribution in [0.4, 0.5) is 20.2 Å². The fourth-order valence-electron chi connectivity index (χ4n) is 2.35. The molecule has 0 saturated carbocycles. The number of halogens is 2. The van der Waals surface area contributed by atoms with E-state index < -0.39 is 34.1 Å². The van der Waals surface area contributed by atoms with Crippen molar-refractivity contribution < 1.29 is 22.0 Å². The summed E-state index contributed by atoms with van der Waals surface area (Å²) in [7, 11) is -3.74. The van der Waals surface area contributed by atoms with Crippen molar-refractivity contribution in [3.8, 4) is 0 Å². The van der Waals surface area contributed by atoms with E-state index >= 15 is 0 Å². The van der Waals surface area contributed by atoms with Crippen LogP contribution in [0, 0.1) is 11.6 Å². The summed E-state index contributed by atoms with van der Waals surface area (Å²) in [6.07, 6.45) is 1.57. The topological polar surface area (TPSA) is 66.5 Å². The molecular formula is C17H18F2N2O3S. The molecule has 5 nitrogen and oxygen atoms in total. The highest BCUT2D eigenvalue weighted by Gasteiger charge is 2.23. The van der Waals surface area contributed by atoms with Crippen molar-refractivity contribution in [2.24, 2.45) is 0 Å². The Kier molecular flexibility index (Phi) is 5.73. The van der Waals surface area contributed by atoms with Gasteiger partial charge in [0.25, 0.3) is 0 Å². The van der Waals surface area contributed by atoms with Crippen LogP contribution in [-0.2, 0) is 21.2 Å². The number of anilines is 2. The van der Waals surface area contributed by atoms with Crippen LogP contribution in [0.5, 0.6) is 0 Å². The van der Waals surface area contributed by atoms with Gasteiger partial charge in [0.15, 0.2) is 0 Å². The van der Waals surface area contributed by atoms with E-state index in [-0.39, 0.29) is 5.69 Å². The second-order valence-electron chi connectivity index (χ2n) is 5.42. The molecule has 2 aromatic carbocycles. The Morgan fingerprint density at radius 3 is 2.44 bits per heavy atom. The summed E-state index contributed by atoms with van der Waals surface area (Å²) in [6.45, 7) is 1.35. The first-order chi connectivity index (χ1) is 11.7. The number of nitrogens with one attached hydrogen (secondary N) is 1. The van der Waals surface area contributed by atoms with E-state index in [1.807, 2.05) is 6.92 Å². The van der Waals surface area contributed by atoms with Crippen molar-refractivity contribution in [2.45, 2.75) is 13.3 Å². The summed E-state index contributed by atoms with van der Waals surface area (Å²) in [5, 5.41) is 2.26. The monoisotopic (exact) mass is 368 g/mol. The first-order valence-electron chi connectivity index (χ1n) is 7.53. The third-order valence-corrected chi connectivity index (χ3v) is 4.66. The number of carbonyl (C=O) groups excluding carboxylic acids is 1. The van der Waals surface area contributed by atoms with Gasteiger partial charge in [0.1, 0.15) is 18.2 Å². The Bertz CT molecular complexity index is 885. The quantitative estimate of drug-likeness (QED) is 0.853. The number of hydrogen-bond donors (Lipinski definition) is 1. The van der Waals surface area contributed by atoms with E-state index in [0.717, 1.165) is 28.3 Å². The minimum absolute atomic E-state index is 0.219. The van der Waals surface area contributed by atoms with E-state index in [1.165, 1.54) is 0 Å². The van der Waals surface area contributed by atoms with Crippen molar-refractivity contribution in [3.05, 3.63) is 59.7 Å². The second-order valence-corrected chi connectivity index (χ2v) is 7.33. The molecular weight excluding hydrogens is 350 g/mol. The molecule has 0 aliphatic rings. The van der Waals surface area contributed by atoms with Crippen molar-refractivity contribution in [1.82, 2.24) is 0 Å². The lowest BCUT2D eigenvalue weighted by molar-refractivity contribution is -0.114. The van der Waals surface area contributed by atoms with Gasteiger partial charge in [-0.1, -0.05) is 25.1 Å². The summed E-state index contributed by atoms with van der Waals surface area (Å²) in [4.78, 5) is 12.2. The highest BCUT2D eigenvalue weighted by Crippen LogP contribution is 2.23. The molecule has 0 saturated heterocycles. The van der Waals surface area contributed by atoms with Crippen LogP contribution in [0.2, 0.25) is 0 Å². The molecule has 0 bridgehead atoms. The van der Waals surface area contributed by atoms with E-state index in [1.54, 1.807) is 24.3 Å². The van der Waals surface area contributed by atoms with Gasteiger partial charge in [-0.15, -0.1) is 0 Å². The summed E-state index contributed by atoms with van der Waals surface area (Å²) in [6, 6.07) is 9.53. The lowest BCUT2D eigenvalue weighted by Gasteiger charge is -2.24. The number of carbonyl (C=O) groups is 1. The summed E-state index contributed by atoms with van der Waals surface area (Å²) >= 11 is 0. The lowest BCUT2D eigenvalue weighted by atomic mass is 10.1.